The Bertz CT molecular complexity index is 309. The van der Waals surface area contributed by atoms with E-state index in [1.54, 1.807) is 0 Å². The van der Waals surface area contributed by atoms with Crippen molar-refractivity contribution in [2.75, 3.05) is 0 Å². The molecule has 9 nitrogen and oxygen atoms in total. The van der Waals surface area contributed by atoms with E-state index < -0.39 is 16.6 Å². The van der Waals surface area contributed by atoms with E-state index in [4.69, 9.17) is 11.5 Å². The normalized spacial score (nSPS) is 9.33. The molecular weight excluding hydrogens is 166 g/mol. The Morgan fingerprint density at radius 1 is 1.58 bits per heavy atom. The standard InChI is InChI=1S/C3H5N7O2/c4-2(5)3(10(11)12)9-7-1-6-8-9/h1H,4-5H2. The SMILES string of the molecule is NC(N)=C(n1ncnn1)[N+](=O)[O-]. The van der Waals surface area contributed by atoms with E-state index >= 15 is 0 Å². The van der Waals surface area contributed by atoms with E-state index in [-0.39, 0.29) is 0 Å². The maximum Gasteiger partial charge on any atom is 0.411 e. The van der Waals surface area contributed by atoms with Crippen LogP contribution in [0.15, 0.2) is 12.1 Å². The zero-order chi connectivity index (χ0) is 9.14. The van der Waals surface area contributed by atoms with Gasteiger partial charge in [0.05, 0.1) is 5.21 Å². The molecule has 0 spiro atoms. The summed E-state index contributed by atoms with van der Waals surface area (Å²) in [5.41, 5.74) is 10.0. The Morgan fingerprint density at radius 3 is 2.58 bits per heavy atom. The van der Waals surface area contributed by atoms with Crippen molar-refractivity contribution < 1.29 is 4.92 Å². The van der Waals surface area contributed by atoms with Crippen LogP contribution in [-0.4, -0.2) is 25.1 Å². The molecule has 0 atom stereocenters. The van der Waals surface area contributed by atoms with E-state index in [0.717, 1.165) is 6.33 Å². The van der Waals surface area contributed by atoms with Gasteiger partial charge in [-0.1, -0.05) is 5.10 Å². The lowest BCUT2D eigenvalue weighted by Gasteiger charge is -1.96. The first-order valence-electron chi connectivity index (χ1n) is 2.76. The van der Waals surface area contributed by atoms with Crippen LogP contribution in [0.1, 0.15) is 0 Å². The van der Waals surface area contributed by atoms with Crippen LogP contribution in [0.3, 0.4) is 0 Å². The maximum atomic E-state index is 10.3. The van der Waals surface area contributed by atoms with Crippen molar-refractivity contribution in [2.24, 2.45) is 11.5 Å². The zero-order valence-corrected chi connectivity index (χ0v) is 5.78. The molecule has 0 radical (unpaired) electrons. The van der Waals surface area contributed by atoms with Gasteiger partial charge in [0, 0.05) is 4.80 Å². The van der Waals surface area contributed by atoms with Gasteiger partial charge in [-0.05, 0) is 10.0 Å². The van der Waals surface area contributed by atoms with Gasteiger partial charge in [0.2, 0.25) is 0 Å². The lowest BCUT2D eigenvalue weighted by atomic mass is 10.7. The van der Waals surface area contributed by atoms with Gasteiger partial charge in [-0.2, -0.15) is 0 Å². The van der Waals surface area contributed by atoms with Gasteiger partial charge in [-0.3, -0.25) is 0 Å². The topological polar surface area (TPSA) is 139 Å². The summed E-state index contributed by atoms with van der Waals surface area (Å²) in [5, 5.41) is 20.2. The number of aromatic nitrogens is 4. The molecule has 0 saturated carbocycles. The lowest BCUT2D eigenvalue weighted by molar-refractivity contribution is -0.386. The molecule has 0 bridgehead atoms. The summed E-state index contributed by atoms with van der Waals surface area (Å²) in [4.78, 5) is 10.1. The molecule has 0 unspecified atom stereocenters. The van der Waals surface area contributed by atoms with Gasteiger partial charge in [-0.25, -0.2) is 0 Å². The Labute approximate surface area is 65.8 Å². The first kappa shape index (κ1) is 7.91. The molecule has 0 fully saturated rings. The minimum Gasteiger partial charge on any atom is -0.379 e. The predicted molar refractivity (Wildman–Crippen MR) is 36.4 cm³/mol. The van der Waals surface area contributed by atoms with Crippen LogP contribution >= 0.6 is 0 Å². The number of tetrazole rings is 1. The summed E-state index contributed by atoms with van der Waals surface area (Å²) < 4.78 is 0. The highest BCUT2D eigenvalue weighted by molar-refractivity contribution is 5.34. The number of nitrogens with two attached hydrogens (primary N) is 2. The van der Waals surface area contributed by atoms with E-state index in [2.05, 4.69) is 15.4 Å². The van der Waals surface area contributed by atoms with Gasteiger partial charge in [-0.15, -0.1) is 0 Å². The molecule has 1 heterocycles. The average Bonchev–Trinajstić information content (AvgIpc) is 2.37. The second-order valence-electron chi connectivity index (χ2n) is 1.76. The van der Waals surface area contributed by atoms with Gasteiger partial charge < -0.3 is 21.6 Å². The lowest BCUT2D eigenvalue weighted by Crippen LogP contribution is -2.21. The summed E-state index contributed by atoms with van der Waals surface area (Å²) in [7, 11) is 0. The third-order valence-electron chi connectivity index (χ3n) is 0.970. The van der Waals surface area contributed by atoms with Gasteiger partial charge in [0.25, 0.3) is 0 Å². The van der Waals surface area contributed by atoms with Crippen LogP contribution in [0.2, 0.25) is 0 Å². The second kappa shape index (κ2) is 2.82. The smallest absolute Gasteiger partial charge is 0.379 e. The van der Waals surface area contributed by atoms with Crippen LogP contribution in [0.4, 0.5) is 0 Å². The van der Waals surface area contributed by atoms with Crippen LogP contribution in [0.25, 0.3) is 5.82 Å². The molecule has 1 aromatic rings. The van der Waals surface area contributed by atoms with Crippen LogP contribution in [0, 0.1) is 10.1 Å². The number of hydrogen-bond donors (Lipinski definition) is 2. The largest absolute Gasteiger partial charge is 0.411 e. The molecule has 4 N–H and O–H groups in total. The summed E-state index contributed by atoms with van der Waals surface area (Å²) in [6.07, 6.45) is 1.03. The molecule has 0 aromatic carbocycles. The Balaban J connectivity index is 3.15. The van der Waals surface area contributed by atoms with Crippen LogP contribution < -0.4 is 11.5 Å². The molecule has 0 aliphatic heterocycles. The van der Waals surface area contributed by atoms with Crippen molar-refractivity contribution >= 4 is 5.82 Å². The van der Waals surface area contributed by atoms with Gasteiger partial charge in [0.15, 0.2) is 12.1 Å². The fourth-order valence-electron chi connectivity index (χ4n) is 0.558. The first-order chi connectivity index (χ1) is 5.63. The number of nitro groups is 1. The number of hydrogen-bond acceptors (Lipinski definition) is 7. The fraction of sp³-hybridized carbons (Fsp3) is 0. The molecule has 64 valence electrons. The van der Waals surface area contributed by atoms with E-state index in [0.29, 0.717) is 4.80 Å². The number of nitrogens with zero attached hydrogens (tertiary/aromatic N) is 5. The maximum absolute atomic E-state index is 10.3. The quantitative estimate of drug-likeness (QED) is 0.385. The Morgan fingerprint density at radius 2 is 2.25 bits per heavy atom. The second-order valence-corrected chi connectivity index (χ2v) is 1.76. The van der Waals surface area contributed by atoms with Gasteiger partial charge in [0.1, 0.15) is 0 Å². The summed E-state index contributed by atoms with van der Waals surface area (Å²) >= 11 is 0. The predicted octanol–water partition coefficient (Wildman–Crippen LogP) is -2.05. The third kappa shape index (κ3) is 1.28. The molecule has 9 heteroatoms. The highest BCUT2D eigenvalue weighted by Gasteiger charge is 2.19. The molecule has 0 aliphatic rings. The summed E-state index contributed by atoms with van der Waals surface area (Å²) in [6.45, 7) is 0. The Kier molecular flexibility index (Phi) is 1.86. The highest BCUT2D eigenvalue weighted by atomic mass is 16.6. The van der Waals surface area contributed by atoms with Crippen molar-refractivity contribution in [3.63, 3.8) is 0 Å². The van der Waals surface area contributed by atoms with Crippen LogP contribution in [-0.2, 0) is 0 Å². The molecule has 0 amide bonds. The first-order valence-corrected chi connectivity index (χ1v) is 2.76. The molecule has 0 saturated heterocycles. The van der Waals surface area contributed by atoms with Crippen molar-refractivity contribution in [2.45, 2.75) is 0 Å². The van der Waals surface area contributed by atoms with E-state index in [1.165, 1.54) is 0 Å². The highest BCUT2D eigenvalue weighted by Crippen LogP contribution is 1.99. The van der Waals surface area contributed by atoms with Crippen molar-refractivity contribution in [1.29, 1.82) is 0 Å². The third-order valence-corrected chi connectivity index (χ3v) is 0.970. The van der Waals surface area contributed by atoms with E-state index in [9.17, 15) is 10.1 Å². The van der Waals surface area contributed by atoms with E-state index in [1.807, 2.05) is 0 Å². The van der Waals surface area contributed by atoms with Crippen molar-refractivity contribution in [3.8, 4) is 0 Å². The number of rotatable bonds is 2. The Hall–Kier alpha value is -2.19. The molecule has 0 aliphatic carbocycles. The summed E-state index contributed by atoms with van der Waals surface area (Å²) in [6, 6.07) is 0. The average molecular weight is 171 g/mol. The molecule has 1 aromatic heterocycles. The van der Waals surface area contributed by atoms with Crippen molar-refractivity contribution in [1.82, 2.24) is 20.2 Å². The molecule has 1 rings (SSSR count). The van der Waals surface area contributed by atoms with Crippen LogP contribution in [0.5, 0.6) is 0 Å². The summed E-state index contributed by atoms with van der Waals surface area (Å²) in [5.74, 6) is -1.08. The minimum absolute atomic E-state index is 0.474. The van der Waals surface area contributed by atoms with Crippen molar-refractivity contribution in [3.05, 3.63) is 22.3 Å². The minimum atomic E-state index is -0.795. The molecule has 12 heavy (non-hydrogen) atoms. The molecular formula is C3H5N7O2. The fourth-order valence-corrected chi connectivity index (χ4v) is 0.558. The zero-order valence-electron chi connectivity index (χ0n) is 5.78. The monoisotopic (exact) mass is 171 g/mol. The van der Waals surface area contributed by atoms with Gasteiger partial charge >= 0.3 is 5.82 Å².